The van der Waals surface area contributed by atoms with Gasteiger partial charge in [-0.15, -0.1) is 13.2 Å². The van der Waals surface area contributed by atoms with E-state index in [1.165, 1.54) is 61.7 Å². The van der Waals surface area contributed by atoms with Crippen LogP contribution in [0.25, 0.3) is 0 Å². The minimum Gasteiger partial charge on any atom is -0.394 e. The molecule has 0 spiro atoms. The number of piperidine rings is 1. The molecule has 2 aromatic carbocycles. The number of halogens is 6. The number of carbonyl (C=O) groups excluding carboxylic acids is 1. The zero-order valence-electron chi connectivity index (χ0n) is 24.0. The molecule has 3 aromatic rings. The van der Waals surface area contributed by atoms with Gasteiger partial charge in [-0.2, -0.15) is 13.2 Å². The first-order valence-electron chi connectivity index (χ1n) is 14.0. The molecule has 1 unspecified atom stereocenters. The van der Waals surface area contributed by atoms with Gasteiger partial charge in [0.25, 0.3) is 5.91 Å². The van der Waals surface area contributed by atoms with E-state index in [2.05, 4.69) is 15.0 Å². The van der Waals surface area contributed by atoms with E-state index in [0.29, 0.717) is 17.5 Å². The highest BCUT2D eigenvalue weighted by Crippen LogP contribution is 2.36. The maximum atomic E-state index is 13.0. The lowest BCUT2D eigenvalue weighted by Crippen LogP contribution is -2.46. The fraction of sp³-hybridized carbons (Fsp3) is 0.400. The number of benzene rings is 2. The number of aromatic nitrogens is 1. The molecule has 1 aromatic heterocycles. The molecule has 8 nitrogen and oxygen atoms in total. The number of sulfone groups is 1. The van der Waals surface area contributed by atoms with Crippen molar-refractivity contribution in [3.63, 3.8) is 0 Å². The first kappa shape index (κ1) is 34.2. The third kappa shape index (κ3) is 8.73. The van der Waals surface area contributed by atoms with Crippen molar-refractivity contribution < 1.29 is 49.4 Å². The summed E-state index contributed by atoms with van der Waals surface area (Å²) in [6.07, 6.45) is -7.50. The molecule has 0 saturated carbocycles. The van der Waals surface area contributed by atoms with Gasteiger partial charge in [0.1, 0.15) is 5.82 Å². The topological polar surface area (TPSA) is 109 Å². The maximum Gasteiger partial charge on any atom is 0.522 e. The van der Waals surface area contributed by atoms with Crippen molar-refractivity contribution in [1.82, 2.24) is 10.3 Å². The minimum absolute atomic E-state index is 0.0846. The summed E-state index contributed by atoms with van der Waals surface area (Å²) >= 11 is 0. The second-order valence-electron chi connectivity index (χ2n) is 10.5. The molecule has 2 N–H and O–H groups in total. The fourth-order valence-electron chi connectivity index (χ4n) is 5.13. The largest absolute Gasteiger partial charge is 0.522 e. The molecule has 1 saturated heterocycles. The summed E-state index contributed by atoms with van der Waals surface area (Å²) in [4.78, 5) is 19.0. The number of anilines is 1. The summed E-state index contributed by atoms with van der Waals surface area (Å²) in [6.45, 7) is 0.478. The SMILES string of the molecule is CCS(=O)(=O)c1ccc([C@H](CO)NC(=O)c2ccc(N3CC(c4ccc(C(F)(F)F)cc4)CC[C@H]3COC(F)(F)F)nc2)cc1. The summed E-state index contributed by atoms with van der Waals surface area (Å²) in [6, 6.07) is 11.6. The Bertz CT molecular complexity index is 1550. The number of amides is 1. The minimum atomic E-state index is -4.86. The van der Waals surface area contributed by atoms with E-state index in [4.69, 9.17) is 0 Å². The van der Waals surface area contributed by atoms with E-state index in [9.17, 15) is 44.7 Å². The highest BCUT2D eigenvalue weighted by atomic mass is 32.2. The zero-order chi connectivity index (χ0) is 33.0. The van der Waals surface area contributed by atoms with Gasteiger partial charge in [0.05, 0.1) is 47.1 Å². The number of hydrogen-bond donors (Lipinski definition) is 2. The van der Waals surface area contributed by atoms with Gasteiger partial charge < -0.3 is 15.3 Å². The maximum absolute atomic E-state index is 13.0. The molecule has 1 aliphatic rings. The number of alkyl halides is 6. The van der Waals surface area contributed by atoms with Crippen LogP contribution in [-0.4, -0.2) is 62.3 Å². The van der Waals surface area contributed by atoms with Crippen molar-refractivity contribution in [1.29, 1.82) is 0 Å². The molecular weight excluding hydrogens is 628 g/mol. The summed E-state index contributed by atoms with van der Waals surface area (Å²) in [5, 5.41) is 12.5. The molecule has 3 atom stereocenters. The van der Waals surface area contributed by atoms with Crippen LogP contribution in [0.15, 0.2) is 71.8 Å². The standard InChI is InChI=1S/C30H31F6N3O5S/c1-2-45(42,43)25-12-6-20(7-13-25)26(17-40)38-28(41)21-8-14-27(37-15-21)39-16-22(5-11-24(39)18-44-30(34,35)36)19-3-9-23(10-4-19)29(31,32)33/h3-4,6-10,12-15,22,24,26,40H,2,5,11,16-18H2,1H3,(H,38,41)/t22?,24-,26-/m0/s1. The molecule has 0 bridgehead atoms. The lowest BCUT2D eigenvalue weighted by Gasteiger charge is -2.40. The molecule has 1 amide bonds. The average Bonchev–Trinajstić information content (AvgIpc) is 3.02. The molecule has 15 heteroatoms. The van der Waals surface area contributed by atoms with E-state index < -0.39 is 59.1 Å². The number of nitrogens with zero attached hydrogens (tertiary/aromatic N) is 2. The molecule has 4 rings (SSSR count). The highest BCUT2D eigenvalue weighted by Gasteiger charge is 2.36. The van der Waals surface area contributed by atoms with Crippen molar-refractivity contribution in [2.24, 2.45) is 0 Å². The van der Waals surface area contributed by atoms with Crippen molar-refractivity contribution in [2.45, 2.75) is 55.2 Å². The first-order chi connectivity index (χ1) is 21.1. The number of ether oxygens (including phenoxy) is 1. The molecule has 0 aliphatic carbocycles. The summed E-state index contributed by atoms with van der Waals surface area (Å²) < 4.78 is 106. The van der Waals surface area contributed by atoms with Gasteiger partial charge in [-0.05, 0) is 60.4 Å². The molecule has 2 heterocycles. The Labute approximate surface area is 256 Å². The zero-order valence-corrected chi connectivity index (χ0v) is 24.8. The van der Waals surface area contributed by atoms with Crippen LogP contribution in [0.5, 0.6) is 0 Å². The number of carbonyl (C=O) groups is 1. The van der Waals surface area contributed by atoms with Crippen LogP contribution >= 0.6 is 0 Å². The van der Waals surface area contributed by atoms with Gasteiger partial charge in [-0.25, -0.2) is 13.4 Å². The van der Waals surface area contributed by atoms with E-state index in [1.807, 2.05) is 0 Å². The van der Waals surface area contributed by atoms with Gasteiger partial charge in [-0.3, -0.25) is 9.53 Å². The predicted molar refractivity (Wildman–Crippen MR) is 152 cm³/mol. The average molecular weight is 660 g/mol. The van der Waals surface area contributed by atoms with E-state index in [1.54, 1.807) is 4.90 Å². The van der Waals surface area contributed by atoms with Crippen molar-refractivity contribution in [3.8, 4) is 0 Å². The predicted octanol–water partition coefficient (Wildman–Crippen LogP) is 5.65. The van der Waals surface area contributed by atoms with Gasteiger partial charge >= 0.3 is 12.5 Å². The Kier molecular flexibility index (Phi) is 10.4. The van der Waals surface area contributed by atoms with Crippen LogP contribution in [0, 0.1) is 0 Å². The van der Waals surface area contributed by atoms with Crippen LogP contribution in [0.3, 0.4) is 0 Å². The van der Waals surface area contributed by atoms with Crippen LogP contribution in [0.1, 0.15) is 58.8 Å². The van der Waals surface area contributed by atoms with Gasteiger partial charge in [0.15, 0.2) is 9.84 Å². The van der Waals surface area contributed by atoms with Crippen molar-refractivity contribution >= 4 is 21.6 Å². The number of aliphatic hydroxyl groups is 1. The summed E-state index contributed by atoms with van der Waals surface area (Å²) in [7, 11) is -3.44. The number of aliphatic hydroxyl groups excluding tert-OH is 1. The van der Waals surface area contributed by atoms with E-state index >= 15 is 0 Å². The quantitative estimate of drug-likeness (QED) is 0.271. The molecule has 244 valence electrons. The summed E-state index contributed by atoms with van der Waals surface area (Å²) in [5.41, 5.74) is 0.327. The second-order valence-corrected chi connectivity index (χ2v) is 12.8. The molecule has 0 radical (unpaired) electrons. The van der Waals surface area contributed by atoms with E-state index in [-0.39, 0.29) is 40.9 Å². The normalized spacial score (nSPS) is 18.4. The smallest absolute Gasteiger partial charge is 0.394 e. The molecule has 1 fully saturated rings. The first-order valence-corrected chi connectivity index (χ1v) is 15.6. The number of pyridine rings is 1. The Balaban J connectivity index is 1.50. The molecular formula is C30H31F6N3O5S. The lowest BCUT2D eigenvalue weighted by atomic mass is 9.87. The highest BCUT2D eigenvalue weighted by molar-refractivity contribution is 7.91. The van der Waals surface area contributed by atoms with Gasteiger partial charge in [0.2, 0.25) is 0 Å². The van der Waals surface area contributed by atoms with Crippen LogP contribution in [0.2, 0.25) is 0 Å². The molecule has 1 aliphatic heterocycles. The number of nitrogens with one attached hydrogen (secondary N) is 1. The third-order valence-electron chi connectivity index (χ3n) is 7.67. The van der Waals surface area contributed by atoms with Crippen LogP contribution in [-0.2, 0) is 20.8 Å². The van der Waals surface area contributed by atoms with Crippen molar-refractivity contribution in [2.75, 3.05) is 30.4 Å². The molecule has 45 heavy (non-hydrogen) atoms. The van der Waals surface area contributed by atoms with Gasteiger partial charge in [-0.1, -0.05) is 31.2 Å². The van der Waals surface area contributed by atoms with Crippen LogP contribution < -0.4 is 10.2 Å². The Hall–Kier alpha value is -3.69. The van der Waals surface area contributed by atoms with Crippen LogP contribution in [0.4, 0.5) is 32.2 Å². The fourth-order valence-corrected chi connectivity index (χ4v) is 6.01. The summed E-state index contributed by atoms with van der Waals surface area (Å²) in [5.74, 6) is -0.760. The number of rotatable bonds is 10. The lowest BCUT2D eigenvalue weighted by molar-refractivity contribution is -0.326. The monoisotopic (exact) mass is 659 g/mol. The Morgan fingerprint density at radius 2 is 1.69 bits per heavy atom. The Morgan fingerprint density at radius 1 is 1.02 bits per heavy atom. The third-order valence-corrected chi connectivity index (χ3v) is 9.42. The van der Waals surface area contributed by atoms with E-state index in [0.717, 1.165) is 12.1 Å². The van der Waals surface area contributed by atoms with Crippen molar-refractivity contribution in [3.05, 3.63) is 89.1 Å². The Morgan fingerprint density at radius 3 is 2.22 bits per heavy atom. The number of hydrogen-bond acceptors (Lipinski definition) is 7. The second kappa shape index (κ2) is 13.7. The van der Waals surface area contributed by atoms with Gasteiger partial charge in [0, 0.05) is 18.7 Å².